The van der Waals surface area contributed by atoms with Crippen LogP contribution in [-0.2, 0) is 10.2 Å². The molecule has 0 aliphatic carbocycles. The number of urea groups is 1. The van der Waals surface area contributed by atoms with Crippen molar-refractivity contribution in [1.29, 1.82) is 0 Å². The molecule has 0 spiro atoms. The number of ether oxygens (including phenoxy) is 1. The number of nitrogens with zero attached hydrogens (tertiary/aromatic N) is 1. The van der Waals surface area contributed by atoms with E-state index in [9.17, 15) is 4.79 Å². The molecule has 2 atom stereocenters. The molecule has 6 heteroatoms. The topological polar surface area (TPSA) is 53.6 Å². The van der Waals surface area contributed by atoms with Crippen LogP contribution in [-0.4, -0.2) is 55.9 Å². The van der Waals surface area contributed by atoms with Crippen LogP contribution < -0.4 is 10.6 Å². The number of hydrogen-bond donors (Lipinski definition) is 2. The molecule has 0 radical (unpaired) electrons. The third kappa shape index (κ3) is 4.25. The van der Waals surface area contributed by atoms with E-state index in [1.807, 2.05) is 6.07 Å². The zero-order chi connectivity index (χ0) is 16.3. The van der Waals surface area contributed by atoms with E-state index in [1.54, 1.807) is 11.3 Å². The molecule has 3 heterocycles. The van der Waals surface area contributed by atoms with Gasteiger partial charge < -0.3 is 15.4 Å². The average Bonchev–Trinajstić information content (AvgIpc) is 3.21. The maximum atomic E-state index is 12.0. The van der Waals surface area contributed by atoms with Gasteiger partial charge >= 0.3 is 6.03 Å². The lowest BCUT2D eigenvalue weighted by Crippen LogP contribution is -2.51. The molecule has 0 aromatic carbocycles. The van der Waals surface area contributed by atoms with Crippen LogP contribution in [0.15, 0.2) is 17.5 Å². The van der Waals surface area contributed by atoms with Gasteiger partial charge in [0.2, 0.25) is 0 Å². The smallest absolute Gasteiger partial charge is 0.314 e. The van der Waals surface area contributed by atoms with E-state index in [0.717, 1.165) is 13.2 Å². The highest BCUT2D eigenvalue weighted by Crippen LogP contribution is 2.26. The van der Waals surface area contributed by atoms with E-state index < -0.39 is 0 Å². The number of thiophene rings is 1. The van der Waals surface area contributed by atoms with Gasteiger partial charge in [-0.2, -0.15) is 0 Å². The number of rotatable bonds is 5. The molecule has 3 rings (SSSR count). The Morgan fingerprint density at radius 1 is 1.48 bits per heavy atom. The molecule has 2 aliphatic heterocycles. The van der Waals surface area contributed by atoms with Gasteiger partial charge in [0.25, 0.3) is 0 Å². The largest absolute Gasteiger partial charge is 0.373 e. The molecule has 2 aliphatic rings. The standard InChI is InChI=1S/C17H27N3O2S/c1-17(2,15-6-4-8-23-15)12-19-16(21)18-9-14-10-20-7-3-5-13(20)11-22-14/h4,6,8,13-14H,3,5,7,9-12H2,1-2H3,(H2,18,19,21)/t13-,14-/m1/s1. The van der Waals surface area contributed by atoms with Crippen molar-refractivity contribution in [3.63, 3.8) is 0 Å². The van der Waals surface area contributed by atoms with Crippen LogP contribution in [0.5, 0.6) is 0 Å². The van der Waals surface area contributed by atoms with Gasteiger partial charge in [0, 0.05) is 36.0 Å². The summed E-state index contributed by atoms with van der Waals surface area (Å²) in [6, 6.07) is 4.66. The summed E-state index contributed by atoms with van der Waals surface area (Å²) in [7, 11) is 0. The van der Waals surface area contributed by atoms with Crippen LogP contribution in [0.2, 0.25) is 0 Å². The first-order chi connectivity index (χ1) is 11.0. The summed E-state index contributed by atoms with van der Waals surface area (Å²) in [5, 5.41) is 8.01. The molecule has 1 aromatic rings. The highest BCUT2D eigenvalue weighted by Gasteiger charge is 2.32. The molecule has 128 valence electrons. The van der Waals surface area contributed by atoms with Crippen molar-refractivity contribution in [2.45, 2.75) is 44.2 Å². The Balaban J connectivity index is 1.38. The Hall–Kier alpha value is -1.11. The molecular formula is C17H27N3O2S. The fourth-order valence-electron chi connectivity index (χ4n) is 3.33. The van der Waals surface area contributed by atoms with Gasteiger partial charge in [-0.15, -0.1) is 11.3 Å². The molecule has 2 saturated heterocycles. The van der Waals surface area contributed by atoms with Crippen LogP contribution in [0.4, 0.5) is 4.79 Å². The SMILES string of the molecule is CC(C)(CNC(=O)NC[C@@H]1CN2CCC[C@@H]2CO1)c1cccs1. The van der Waals surface area contributed by atoms with Crippen molar-refractivity contribution in [2.24, 2.45) is 0 Å². The molecule has 5 nitrogen and oxygen atoms in total. The molecule has 0 bridgehead atoms. The summed E-state index contributed by atoms with van der Waals surface area (Å²) in [4.78, 5) is 15.8. The number of carbonyl (C=O) groups is 1. The van der Waals surface area contributed by atoms with Crippen LogP contribution in [0, 0.1) is 0 Å². The monoisotopic (exact) mass is 337 g/mol. The van der Waals surface area contributed by atoms with Gasteiger partial charge in [0.15, 0.2) is 0 Å². The van der Waals surface area contributed by atoms with E-state index in [-0.39, 0.29) is 17.6 Å². The maximum Gasteiger partial charge on any atom is 0.314 e. The average molecular weight is 337 g/mol. The molecule has 1 aromatic heterocycles. The van der Waals surface area contributed by atoms with Crippen molar-refractivity contribution in [3.8, 4) is 0 Å². The van der Waals surface area contributed by atoms with Crippen LogP contribution in [0.1, 0.15) is 31.6 Å². The fraction of sp³-hybridized carbons (Fsp3) is 0.706. The lowest BCUT2D eigenvalue weighted by molar-refractivity contribution is -0.0457. The van der Waals surface area contributed by atoms with Gasteiger partial charge in [0.1, 0.15) is 0 Å². The summed E-state index contributed by atoms with van der Waals surface area (Å²) in [5.41, 5.74) is -0.0460. The molecule has 0 unspecified atom stereocenters. The molecule has 23 heavy (non-hydrogen) atoms. The van der Waals surface area contributed by atoms with Gasteiger partial charge in [-0.1, -0.05) is 19.9 Å². The van der Waals surface area contributed by atoms with Crippen LogP contribution in [0.3, 0.4) is 0 Å². The Kier molecular flexibility index (Phi) is 5.24. The predicted octanol–water partition coefficient (Wildman–Crippen LogP) is 2.19. The highest BCUT2D eigenvalue weighted by atomic mass is 32.1. The number of amides is 2. The molecule has 2 amide bonds. The van der Waals surface area contributed by atoms with Crippen molar-refractivity contribution < 1.29 is 9.53 Å². The van der Waals surface area contributed by atoms with Gasteiger partial charge in [-0.25, -0.2) is 4.79 Å². The number of hydrogen-bond acceptors (Lipinski definition) is 4. The van der Waals surface area contributed by atoms with Gasteiger partial charge in [-0.3, -0.25) is 4.90 Å². The Morgan fingerprint density at radius 2 is 2.35 bits per heavy atom. The van der Waals surface area contributed by atoms with Crippen molar-refractivity contribution in [2.75, 3.05) is 32.8 Å². The third-order valence-corrected chi connectivity index (χ3v) is 6.07. The fourth-order valence-corrected chi connectivity index (χ4v) is 4.18. The molecule has 2 N–H and O–H groups in total. The second-order valence-corrected chi connectivity index (χ2v) is 8.12. The first-order valence-electron chi connectivity index (χ1n) is 8.46. The van der Waals surface area contributed by atoms with E-state index in [0.29, 0.717) is 19.1 Å². The minimum absolute atomic E-state index is 0.0460. The number of morpholine rings is 1. The van der Waals surface area contributed by atoms with E-state index in [2.05, 4.69) is 40.8 Å². The second-order valence-electron chi connectivity index (χ2n) is 7.17. The zero-order valence-electron chi connectivity index (χ0n) is 14.0. The van der Waals surface area contributed by atoms with Crippen LogP contribution in [0.25, 0.3) is 0 Å². The van der Waals surface area contributed by atoms with Gasteiger partial charge in [-0.05, 0) is 30.8 Å². The number of carbonyl (C=O) groups excluding carboxylic acids is 1. The normalized spacial score (nSPS) is 25.1. The quantitative estimate of drug-likeness (QED) is 0.866. The first-order valence-corrected chi connectivity index (χ1v) is 9.34. The molecule has 2 fully saturated rings. The summed E-state index contributed by atoms with van der Waals surface area (Å²) >= 11 is 1.73. The lowest BCUT2D eigenvalue weighted by Gasteiger charge is -2.35. The second kappa shape index (κ2) is 7.20. The summed E-state index contributed by atoms with van der Waals surface area (Å²) in [6.45, 7) is 8.41. The minimum Gasteiger partial charge on any atom is -0.373 e. The zero-order valence-corrected chi connectivity index (χ0v) is 14.8. The van der Waals surface area contributed by atoms with Crippen molar-refractivity contribution in [1.82, 2.24) is 15.5 Å². The summed E-state index contributed by atoms with van der Waals surface area (Å²) in [5.74, 6) is 0. The Labute approximate surface area is 142 Å². The first kappa shape index (κ1) is 16.7. The van der Waals surface area contributed by atoms with E-state index in [1.165, 1.54) is 24.3 Å². The van der Waals surface area contributed by atoms with Crippen LogP contribution >= 0.6 is 11.3 Å². The number of fused-ring (bicyclic) bond motifs is 1. The van der Waals surface area contributed by atoms with Gasteiger partial charge in [0.05, 0.1) is 12.7 Å². The number of nitrogens with one attached hydrogen (secondary N) is 2. The maximum absolute atomic E-state index is 12.0. The highest BCUT2D eigenvalue weighted by molar-refractivity contribution is 7.10. The summed E-state index contributed by atoms with van der Waals surface area (Å²) < 4.78 is 5.86. The predicted molar refractivity (Wildman–Crippen MR) is 93.1 cm³/mol. The van der Waals surface area contributed by atoms with E-state index >= 15 is 0 Å². The minimum atomic E-state index is -0.109. The molecular weight excluding hydrogens is 310 g/mol. The third-order valence-electron chi connectivity index (χ3n) is 4.83. The van der Waals surface area contributed by atoms with E-state index in [4.69, 9.17) is 4.74 Å². The van der Waals surface area contributed by atoms with Crippen molar-refractivity contribution >= 4 is 17.4 Å². The molecule has 0 saturated carbocycles. The Bertz CT molecular complexity index is 518. The van der Waals surface area contributed by atoms with Crippen molar-refractivity contribution in [3.05, 3.63) is 22.4 Å². The lowest BCUT2D eigenvalue weighted by atomic mass is 9.91. The Morgan fingerprint density at radius 3 is 3.13 bits per heavy atom. The summed E-state index contributed by atoms with van der Waals surface area (Å²) in [6.07, 6.45) is 2.63.